The van der Waals surface area contributed by atoms with Crippen LogP contribution >= 0.6 is 0 Å². The van der Waals surface area contributed by atoms with E-state index in [1.807, 2.05) is 19.4 Å². The minimum absolute atomic E-state index is 0.150. The predicted octanol–water partition coefficient (Wildman–Crippen LogP) is 0.942. The van der Waals surface area contributed by atoms with Crippen LogP contribution in [0.25, 0.3) is 0 Å². The molecule has 23 heavy (non-hydrogen) atoms. The molecule has 0 aromatic carbocycles. The molecule has 0 amide bonds. The summed E-state index contributed by atoms with van der Waals surface area (Å²) in [6.45, 7) is 5.84. The third-order valence-corrected chi connectivity index (χ3v) is 4.61. The first-order valence-corrected chi connectivity index (χ1v) is 8.23. The molecule has 0 spiro atoms. The highest BCUT2D eigenvalue weighted by molar-refractivity contribution is 5.36. The van der Waals surface area contributed by atoms with Gasteiger partial charge in [0.25, 0.3) is 0 Å². The quantitative estimate of drug-likeness (QED) is 0.884. The van der Waals surface area contributed by atoms with Gasteiger partial charge >= 0.3 is 0 Å². The molecule has 1 saturated heterocycles. The molecule has 3 heterocycles. The standard InChI is InChI=1S/C16H24N6O/c1-4-14-15(5-2)19-20-16(18-14)22-8-12(10-23)13(9-22)11-6-17-21(3)7-11/h6-7,12-13,23H,4-5,8-10H2,1-3H3/t12-,13-/m0/s1. The summed E-state index contributed by atoms with van der Waals surface area (Å²) in [5.74, 6) is 1.08. The van der Waals surface area contributed by atoms with Crippen LogP contribution in [0, 0.1) is 5.92 Å². The number of nitrogens with zero attached hydrogens (tertiary/aromatic N) is 6. The Hall–Kier alpha value is -2.02. The highest BCUT2D eigenvalue weighted by Crippen LogP contribution is 2.33. The highest BCUT2D eigenvalue weighted by atomic mass is 16.3. The number of aryl methyl sites for hydroxylation is 3. The molecule has 0 aliphatic carbocycles. The summed E-state index contributed by atoms with van der Waals surface area (Å²) >= 11 is 0. The monoisotopic (exact) mass is 316 g/mol. The first-order chi connectivity index (χ1) is 11.2. The molecule has 1 aliphatic heterocycles. The Balaban J connectivity index is 1.84. The smallest absolute Gasteiger partial charge is 0.245 e. The van der Waals surface area contributed by atoms with E-state index in [2.05, 4.69) is 34.0 Å². The second-order valence-electron chi connectivity index (χ2n) is 6.11. The van der Waals surface area contributed by atoms with Crippen molar-refractivity contribution in [2.24, 2.45) is 13.0 Å². The van der Waals surface area contributed by atoms with Gasteiger partial charge in [-0.2, -0.15) is 10.2 Å². The van der Waals surface area contributed by atoms with E-state index in [1.165, 1.54) is 0 Å². The number of hydrogen-bond acceptors (Lipinski definition) is 6. The predicted molar refractivity (Wildman–Crippen MR) is 87.3 cm³/mol. The SMILES string of the molecule is CCc1nnc(N2C[C@@H](CO)[C@H](c3cnn(C)c3)C2)nc1CC. The van der Waals surface area contributed by atoms with E-state index in [9.17, 15) is 5.11 Å². The van der Waals surface area contributed by atoms with Crippen LogP contribution in [0.2, 0.25) is 0 Å². The van der Waals surface area contributed by atoms with Crippen molar-refractivity contribution < 1.29 is 5.11 Å². The molecule has 1 N–H and O–H groups in total. The van der Waals surface area contributed by atoms with Gasteiger partial charge in [0.15, 0.2) is 0 Å². The number of aromatic nitrogens is 5. The van der Waals surface area contributed by atoms with Gasteiger partial charge in [0, 0.05) is 44.8 Å². The lowest BCUT2D eigenvalue weighted by atomic mass is 9.92. The zero-order valence-electron chi connectivity index (χ0n) is 14.0. The molecule has 2 aromatic heterocycles. The maximum atomic E-state index is 9.74. The van der Waals surface area contributed by atoms with Crippen LogP contribution in [0.4, 0.5) is 5.95 Å². The van der Waals surface area contributed by atoms with Crippen LogP contribution in [0.15, 0.2) is 12.4 Å². The Morgan fingerprint density at radius 2 is 1.96 bits per heavy atom. The van der Waals surface area contributed by atoms with E-state index < -0.39 is 0 Å². The van der Waals surface area contributed by atoms with E-state index in [1.54, 1.807) is 4.68 Å². The second kappa shape index (κ2) is 6.62. The second-order valence-corrected chi connectivity index (χ2v) is 6.11. The Labute approximate surface area is 136 Å². The van der Waals surface area contributed by atoms with Gasteiger partial charge in [-0.3, -0.25) is 4.68 Å². The maximum absolute atomic E-state index is 9.74. The lowest BCUT2D eigenvalue weighted by Gasteiger charge is -2.16. The van der Waals surface area contributed by atoms with Crippen LogP contribution in [-0.4, -0.2) is 49.8 Å². The average Bonchev–Trinajstić information content (AvgIpc) is 3.19. The van der Waals surface area contributed by atoms with Gasteiger partial charge in [0.2, 0.25) is 5.95 Å². The molecule has 0 unspecified atom stereocenters. The van der Waals surface area contributed by atoms with E-state index in [0.29, 0.717) is 5.95 Å². The molecule has 2 aromatic rings. The molecule has 0 bridgehead atoms. The third-order valence-electron chi connectivity index (χ3n) is 4.61. The first-order valence-electron chi connectivity index (χ1n) is 8.23. The zero-order chi connectivity index (χ0) is 16.4. The summed E-state index contributed by atoms with van der Waals surface area (Å²) in [6.07, 6.45) is 5.61. The fourth-order valence-electron chi connectivity index (χ4n) is 3.29. The molecule has 0 saturated carbocycles. The summed E-state index contributed by atoms with van der Waals surface area (Å²) in [5.41, 5.74) is 3.14. The molecule has 1 fully saturated rings. The largest absolute Gasteiger partial charge is 0.396 e. The molecule has 1 aliphatic rings. The Bertz CT molecular complexity index is 670. The van der Waals surface area contributed by atoms with Gasteiger partial charge in [0.05, 0.1) is 17.6 Å². The van der Waals surface area contributed by atoms with Crippen molar-refractivity contribution in [1.29, 1.82) is 0 Å². The molecule has 0 radical (unpaired) electrons. The Morgan fingerprint density at radius 3 is 2.57 bits per heavy atom. The zero-order valence-corrected chi connectivity index (χ0v) is 14.0. The summed E-state index contributed by atoms with van der Waals surface area (Å²) in [4.78, 5) is 6.83. The average molecular weight is 316 g/mol. The molecule has 7 heteroatoms. The highest BCUT2D eigenvalue weighted by Gasteiger charge is 2.35. The number of anilines is 1. The normalized spacial score (nSPS) is 21.1. The van der Waals surface area contributed by atoms with Crippen molar-refractivity contribution in [3.63, 3.8) is 0 Å². The maximum Gasteiger partial charge on any atom is 0.245 e. The van der Waals surface area contributed by atoms with Crippen LogP contribution in [-0.2, 0) is 19.9 Å². The Morgan fingerprint density at radius 1 is 1.17 bits per heavy atom. The minimum atomic E-state index is 0.150. The number of aliphatic hydroxyl groups is 1. The molecular formula is C16H24N6O. The lowest BCUT2D eigenvalue weighted by Crippen LogP contribution is -2.24. The van der Waals surface area contributed by atoms with Crippen LogP contribution < -0.4 is 4.90 Å². The molecular weight excluding hydrogens is 292 g/mol. The van der Waals surface area contributed by atoms with Gasteiger partial charge in [-0.15, -0.1) is 5.10 Å². The van der Waals surface area contributed by atoms with Crippen molar-refractivity contribution in [2.45, 2.75) is 32.6 Å². The fourth-order valence-corrected chi connectivity index (χ4v) is 3.29. The number of aliphatic hydroxyl groups excluding tert-OH is 1. The van der Waals surface area contributed by atoms with Crippen LogP contribution in [0.3, 0.4) is 0 Å². The van der Waals surface area contributed by atoms with E-state index in [4.69, 9.17) is 4.98 Å². The van der Waals surface area contributed by atoms with Crippen molar-refractivity contribution in [3.05, 3.63) is 29.3 Å². The van der Waals surface area contributed by atoms with Gasteiger partial charge in [0.1, 0.15) is 0 Å². The summed E-state index contributed by atoms with van der Waals surface area (Å²) in [5, 5.41) is 22.6. The fraction of sp³-hybridized carbons (Fsp3) is 0.625. The number of rotatable bonds is 5. The van der Waals surface area contributed by atoms with Crippen LogP contribution in [0.5, 0.6) is 0 Å². The van der Waals surface area contributed by atoms with Crippen molar-refractivity contribution >= 4 is 5.95 Å². The molecule has 124 valence electrons. The van der Waals surface area contributed by atoms with Crippen molar-refractivity contribution in [1.82, 2.24) is 25.0 Å². The van der Waals surface area contributed by atoms with E-state index in [0.717, 1.165) is 42.9 Å². The molecule has 2 atom stereocenters. The van der Waals surface area contributed by atoms with Gasteiger partial charge < -0.3 is 10.0 Å². The van der Waals surface area contributed by atoms with Crippen molar-refractivity contribution in [3.8, 4) is 0 Å². The van der Waals surface area contributed by atoms with Crippen LogP contribution in [0.1, 0.15) is 36.7 Å². The van der Waals surface area contributed by atoms with E-state index in [-0.39, 0.29) is 18.4 Å². The topological polar surface area (TPSA) is 80.0 Å². The van der Waals surface area contributed by atoms with Crippen molar-refractivity contribution in [2.75, 3.05) is 24.6 Å². The first kappa shape index (κ1) is 15.9. The minimum Gasteiger partial charge on any atom is -0.396 e. The number of hydrogen-bond donors (Lipinski definition) is 1. The summed E-state index contributed by atoms with van der Waals surface area (Å²) < 4.78 is 1.80. The van der Waals surface area contributed by atoms with E-state index >= 15 is 0 Å². The summed E-state index contributed by atoms with van der Waals surface area (Å²) in [7, 11) is 1.91. The lowest BCUT2D eigenvalue weighted by molar-refractivity contribution is 0.227. The molecule has 7 nitrogen and oxygen atoms in total. The Kier molecular flexibility index (Phi) is 4.56. The van der Waals surface area contributed by atoms with Gasteiger partial charge in [-0.05, 0) is 18.4 Å². The molecule has 3 rings (SSSR count). The third kappa shape index (κ3) is 3.06. The van der Waals surface area contributed by atoms with Gasteiger partial charge in [-0.25, -0.2) is 4.98 Å². The van der Waals surface area contributed by atoms with Gasteiger partial charge in [-0.1, -0.05) is 13.8 Å². The summed E-state index contributed by atoms with van der Waals surface area (Å²) in [6, 6.07) is 0.